The lowest BCUT2D eigenvalue weighted by atomic mass is 9.92. The molecule has 0 aliphatic carbocycles. The first-order valence-corrected chi connectivity index (χ1v) is 6.12. The van der Waals surface area contributed by atoms with Gasteiger partial charge in [-0.25, -0.2) is 0 Å². The van der Waals surface area contributed by atoms with Crippen molar-refractivity contribution in [3.05, 3.63) is 24.2 Å². The smallest absolute Gasteiger partial charge is 0.185 e. The molecule has 1 N–H and O–H groups in total. The lowest BCUT2D eigenvalue weighted by Gasteiger charge is -2.15. The van der Waals surface area contributed by atoms with Gasteiger partial charge in [-0.2, -0.15) is 0 Å². The van der Waals surface area contributed by atoms with E-state index in [-0.39, 0.29) is 5.12 Å². The fourth-order valence-electron chi connectivity index (χ4n) is 2.01. The van der Waals surface area contributed by atoms with Crippen LogP contribution in [0.3, 0.4) is 0 Å². The second-order valence-corrected chi connectivity index (χ2v) is 5.08. The van der Waals surface area contributed by atoms with Crippen LogP contribution in [0.2, 0.25) is 0 Å². The summed E-state index contributed by atoms with van der Waals surface area (Å²) in [6.07, 6.45) is 3.52. The quantitative estimate of drug-likeness (QED) is 0.852. The lowest BCUT2D eigenvalue weighted by molar-refractivity contribution is -0.109. The number of furan rings is 1. The molecule has 1 saturated heterocycles. The zero-order valence-electron chi connectivity index (χ0n) is 8.73. The Morgan fingerprint density at radius 1 is 1.67 bits per heavy atom. The van der Waals surface area contributed by atoms with Gasteiger partial charge in [-0.05, 0) is 24.1 Å². The van der Waals surface area contributed by atoms with Crippen molar-refractivity contribution in [2.45, 2.75) is 12.8 Å². The van der Waals surface area contributed by atoms with Gasteiger partial charge in [0.05, 0.1) is 12.5 Å². The van der Waals surface area contributed by atoms with Crippen LogP contribution < -0.4 is 5.32 Å². The number of thioether (sulfide) groups is 1. The third-order valence-corrected chi connectivity index (χ3v) is 3.81. The minimum atomic E-state index is 0.202. The summed E-state index contributed by atoms with van der Waals surface area (Å²) in [5.74, 6) is 1.94. The van der Waals surface area contributed by atoms with Gasteiger partial charge in [0.15, 0.2) is 5.12 Å². The van der Waals surface area contributed by atoms with E-state index in [2.05, 4.69) is 5.32 Å². The second kappa shape index (κ2) is 4.86. The number of hydrogen-bond donors (Lipinski definition) is 1. The third-order valence-electron chi connectivity index (χ3n) is 2.81. The van der Waals surface area contributed by atoms with Crippen molar-refractivity contribution in [2.24, 2.45) is 5.92 Å². The topological polar surface area (TPSA) is 42.2 Å². The third kappa shape index (κ3) is 2.63. The van der Waals surface area contributed by atoms with E-state index in [0.29, 0.717) is 11.8 Å². The van der Waals surface area contributed by atoms with Gasteiger partial charge in [0.1, 0.15) is 0 Å². The molecule has 1 fully saturated rings. The van der Waals surface area contributed by atoms with E-state index in [1.807, 2.05) is 12.3 Å². The van der Waals surface area contributed by atoms with Gasteiger partial charge in [-0.3, -0.25) is 4.79 Å². The van der Waals surface area contributed by atoms with Crippen LogP contribution in [-0.4, -0.2) is 24.0 Å². The Labute approximate surface area is 93.6 Å². The van der Waals surface area contributed by atoms with E-state index in [9.17, 15) is 4.79 Å². The highest BCUT2D eigenvalue weighted by Gasteiger charge is 2.29. The molecule has 4 heteroatoms. The average molecular weight is 225 g/mol. The zero-order chi connectivity index (χ0) is 10.7. The maximum absolute atomic E-state index is 10.9. The maximum Gasteiger partial charge on any atom is 0.185 e. The monoisotopic (exact) mass is 225 g/mol. The van der Waals surface area contributed by atoms with Crippen molar-refractivity contribution >= 4 is 16.9 Å². The molecule has 0 amide bonds. The molecule has 82 valence electrons. The van der Waals surface area contributed by atoms with Crippen LogP contribution >= 0.6 is 11.8 Å². The standard InChI is InChI=1S/C11H15NO2S/c1-8(13)15-7-10-4-12-5-11(10)9-2-3-14-6-9/h2-3,6,10-12H,4-5,7H2,1H3. The summed E-state index contributed by atoms with van der Waals surface area (Å²) in [4.78, 5) is 10.9. The summed E-state index contributed by atoms with van der Waals surface area (Å²) in [5.41, 5.74) is 1.24. The molecule has 2 unspecified atom stereocenters. The van der Waals surface area contributed by atoms with Crippen molar-refractivity contribution in [1.29, 1.82) is 0 Å². The molecule has 0 bridgehead atoms. The minimum absolute atomic E-state index is 0.202. The molecule has 2 rings (SSSR count). The zero-order valence-corrected chi connectivity index (χ0v) is 9.55. The summed E-state index contributed by atoms with van der Waals surface area (Å²) in [6, 6.07) is 2.02. The van der Waals surface area contributed by atoms with Crippen molar-refractivity contribution in [3.8, 4) is 0 Å². The largest absolute Gasteiger partial charge is 0.472 e. The van der Waals surface area contributed by atoms with E-state index in [1.165, 1.54) is 17.3 Å². The number of carbonyl (C=O) groups excluding carboxylic acids is 1. The van der Waals surface area contributed by atoms with Crippen molar-refractivity contribution < 1.29 is 9.21 Å². The van der Waals surface area contributed by atoms with Gasteiger partial charge in [-0.15, -0.1) is 0 Å². The average Bonchev–Trinajstić information content (AvgIpc) is 2.85. The predicted molar refractivity (Wildman–Crippen MR) is 60.9 cm³/mol. The van der Waals surface area contributed by atoms with Gasteiger partial charge < -0.3 is 9.73 Å². The van der Waals surface area contributed by atoms with E-state index in [1.54, 1.807) is 13.2 Å². The summed E-state index contributed by atoms with van der Waals surface area (Å²) >= 11 is 1.42. The van der Waals surface area contributed by atoms with Gasteiger partial charge in [0.25, 0.3) is 0 Å². The predicted octanol–water partition coefficient (Wildman–Crippen LogP) is 1.86. The molecule has 1 aliphatic heterocycles. The van der Waals surface area contributed by atoms with Crippen LogP contribution in [0.5, 0.6) is 0 Å². The summed E-state index contributed by atoms with van der Waals surface area (Å²) in [6.45, 7) is 3.61. The first-order chi connectivity index (χ1) is 7.27. The molecular weight excluding hydrogens is 210 g/mol. The fraction of sp³-hybridized carbons (Fsp3) is 0.545. The first-order valence-electron chi connectivity index (χ1n) is 5.13. The van der Waals surface area contributed by atoms with Crippen LogP contribution in [0, 0.1) is 5.92 Å². The van der Waals surface area contributed by atoms with E-state index < -0.39 is 0 Å². The highest BCUT2D eigenvalue weighted by molar-refractivity contribution is 8.13. The molecule has 15 heavy (non-hydrogen) atoms. The molecule has 1 aliphatic rings. The van der Waals surface area contributed by atoms with Crippen LogP contribution in [0.1, 0.15) is 18.4 Å². The molecule has 0 saturated carbocycles. The number of hydrogen-bond acceptors (Lipinski definition) is 4. The highest BCUT2D eigenvalue weighted by atomic mass is 32.2. The molecule has 2 atom stereocenters. The van der Waals surface area contributed by atoms with Gasteiger partial charge in [0, 0.05) is 25.1 Å². The number of nitrogens with one attached hydrogen (secondary N) is 1. The normalized spacial score (nSPS) is 25.7. The summed E-state index contributed by atoms with van der Waals surface area (Å²) < 4.78 is 5.10. The fourth-order valence-corrected chi connectivity index (χ4v) is 2.81. The Morgan fingerprint density at radius 2 is 2.53 bits per heavy atom. The molecular formula is C11H15NO2S. The Hall–Kier alpha value is -0.740. The van der Waals surface area contributed by atoms with Gasteiger partial charge >= 0.3 is 0 Å². The van der Waals surface area contributed by atoms with Crippen LogP contribution in [-0.2, 0) is 4.79 Å². The van der Waals surface area contributed by atoms with E-state index in [4.69, 9.17) is 4.42 Å². The van der Waals surface area contributed by atoms with E-state index in [0.717, 1.165) is 18.8 Å². The Morgan fingerprint density at radius 3 is 3.20 bits per heavy atom. The molecule has 3 nitrogen and oxygen atoms in total. The Kier molecular flexibility index (Phi) is 3.49. The number of carbonyl (C=O) groups is 1. The van der Waals surface area contributed by atoms with Crippen molar-refractivity contribution in [1.82, 2.24) is 5.32 Å². The van der Waals surface area contributed by atoms with Crippen molar-refractivity contribution in [3.63, 3.8) is 0 Å². The second-order valence-electron chi connectivity index (χ2n) is 3.88. The highest BCUT2D eigenvalue weighted by Crippen LogP contribution is 2.30. The van der Waals surface area contributed by atoms with Crippen LogP contribution in [0.15, 0.2) is 23.0 Å². The Bertz CT molecular complexity index is 323. The van der Waals surface area contributed by atoms with Gasteiger partial charge in [0.2, 0.25) is 0 Å². The maximum atomic E-state index is 10.9. The van der Waals surface area contributed by atoms with Crippen LogP contribution in [0.4, 0.5) is 0 Å². The molecule has 2 heterocycles. The summed E-state index contributed by atoms with van der Waals surface area (Å²) in [5, 5.41) is 3.57. The Balaban J connectivity index is 1.96. The molecule has 1 aromatic heterocycles. The summed E-state index contributed by atoms with van der Waals surface area (Å²) in [7, 11) is 0. The molecule has 1 aromatic rings. The minimum Gasteiger partial charge on any atom is -0.472 e. The molecule has 0 spiro atoms. The molecule has 0 radical (unpaired) electrons. The van der Waals surface area contributed by atoms with Crippen molar-refractivity contribution in [2.75, 3.05) is 18.8 Å². The molecule has 0 aromatic carbocycles. The first kappa shape index (κ1) is 10.8. The number of rotatable bonds is 3. The van der Waals surface area contributed by atoms with Crippen LogP contribution in [0.25, 0.3) is 0 Å². The van der Waals surface area contributed by atoms with E-state index >= 15 is 0 Å². The van der Waals surface area contributed by atoms with Gasteiger partial charge in [-0.1, -0.05) is 11.8 Å². The SMILES string of the molecule is CC(=O)SCC1CNCC1c1ccoc1. The lowest BCUT2D eigenvalue weighted by Crippen LogP contribution is -2.13.